The van der Waals surface area contributed by atoms with Crippen molar-refractivity contribution in [2.24, 2.45) is 0 Å². The second-order valence-corrected chi connectivity index (χ2v) is 17.0. The Morgan fingerprint density at radius 2 is 0.935 bits per heavy atom. The summed E-state index contributed by atoms with van der Waals surface area (Å²) in [7, 11) is 0. The maximum Gasteiger partial charge on any atom is 0.0561 e. The molecule has 2 aliphatic rings. The van der Waals surface area contributed by atoms with Gasteiger partial charge >= 0.3 is 0 Å². The number of benzene rings is 10. The van der Waals surface area contributed by atoms with E-state index < -0.39 is 0 Å². The molecule has 0 fully saturated rings. The Bertz CT molecular complexity index is 3340. The van der Waals surface area contributed by atoms with Crippen molar-refractivity contribution in [3.8, 4) is 22.3 Å². The summed E-state index contributed by atoms with van der Waals surface area (Å²) in [6.45, 7) is 4.71. The molecule has 1 heterocycles. The first-order valence-corrected chi connectivity index (χ1v) is 21.5. The summed E-state index contributed by atoms with van der Waals surface area (Å²) in [5.74, 6) is 0. The molecule has 0 amide bonds. The Morgan fingerprint density at radius 1 is 0.355 bits per heavy atom. The third-order valence-corrected chi connectivity index (χ3v) is 13.1. The maximum absolute atomic E-state index is 2.46. The molecule has 12 rings (SSSR count). The Morgan fingerprint density at radius 3 is 1.71 bits per heavy atom. The van der Waals surface area contributed by atoms with Crippen LogP contribution in [0.2, 0.25) is 0 Å². The molecule has 0 atom stereocenters. The van der Waals surface area contributed by atoms with Gasteiger partial charge < -0.3 is 14.7 Å². The molecule has 3 heteroatoms. The fourth-order valence-corrected chi connectivity index (χ4v) is 10.2. The van der Waals surface area contributed by atoms with Crippen molar-refractivity contribution in [2.45, 2.75) is 19.3 Å². The molecule has 0 spiro atoms. The summed E-state index contributed by atoms with van der Waals surface area (Å²) in [4.78, 5) is 7.30. The van der Waals surface area contributed by atoms with Gasteiger partial charge in [0.25, 0.3) is 0 Å². The molecule has 10 aromatic rings. The summed E-state index contributed by atoms with van der Waals surface area (Å²) in [6.07, 6.45) is 0. The summed E-state index contributed by atoms with van der Waals surface area (Å²) in [5, 5.41) is 4.87. The van der Waals surface area contributed by atoms with E-state index in [1.807, 2.05) is 0 Å². The molecule has 0 N–H and O–H groups in total. The fourth-order valence-electron chi connectivity index (χ4n) is 10.2. The minimum absolute atomic E-state index is 0.115. The molecule has 0 unspecified atom stereocenters. The lowest BCUT2D eigenvalue weighted by Crippen LogP contribution is -2.18. The molecule has 0 radical (unpaired) electrons. The Hall–Kier alpha value is -7.88. The SMILES string of the molecule is CC1(C)c2ccccc2-c2ccc(N(c3ccccc3)c3ccc4c(c3)N(c3ccccc3)c3cccc5c(N(c6ccccc6)c6ccc7ccccc7c6)ccc-4c35)cc21. The molecular weight excluding hydrogens is 751 g/mol. The highest BCUT2D eigenvalue weighted by atomic mass is 15.2. The lowest BCUT2D eigenvalue weighted by atomic mass is 9.82. The largest absolute Gasteiger partial charge is 0.310 e. The summed E-state index contributed by atoms with van der Waals surface area (Å²) < 4.78 is 0. The number of fused-ring (bicyclic) bond motifs is 6. The van der Waals surface area contributed by atoms with E-state index in [9.17, 15) is 0 Å². The average Bonchev–Trinajstić information content (AvgIpc) is 3.56. The van der Waals surface area contributed by atoms with Gasteiger partial charge in [-0.3, -0.25) is 0 Å². The third kappa shape index (κ3) is 5.59. The lowest BCUT2D eigenvalue weighted by Gasteiger charge is -2.36. The third-order valence-electron chi connectivity index (χ3n) is 13.1. The van der Waals surface area contributed by atoms with Crippen molar-refractivity contribution in [1.82, 2.24) is 0 Å². The molecule has 0 bridgehead atoms. The van der Waals surface area contributed by atoms with Crippen molar-refractivity contribution in [1.29, 1.82) is 0 Å². The zero-order valence-corrected chi connectivity index (χ0v) is 34.7. The van der Waals surface area contributed by atoms with Crippen LogP contribution in [-0.4, -0.2) is 0 Å². The van der Waals surface area contributed by atoms with Gasteiger partial charge in [-0.15, -0.1) is 0 Å². The van der Waals surface area contributed by atoms with Crippen LogP contribution in [0.4, 0.5) is 51.2 Å². The van der Waals surface area contributed by atoms with Crippen LogP contribution in [0, 0.1) is 0 Å². The van der Waals surface area contributed by atoms with E-state index in [0.717, 1.165) is 51.2 Å². The number of para-hydroxylation sites is 3. The minimum atomic E-state index is -0.115. The molecule has 0 saturated heterocycles. The predicted octanol–water partition coefficient (Wildman–Crippen LogP) is 16.7. The van der Waals surface area contributed by atoms with Gasteiger partial charge in [0, 0.05) is 55.9 Å². The van der Waals surface area contributed by atoms with Crippen molar-refractivity contribution in [2.75, 3.05) is 14.7 Å². The van der Waals surface area contributed by atoms with Crippen LogP contribution in [0.15, 0.2) is 224 Å². The molecule has 3 nitrogen and oxygen atoms in total. The minimum Gasteiger partial charge on any atom is -0.310 e. The van der Waals surface area contributed by atoms with Crippen LogP contribution < -0.4 is 14.7 Å². The van der Waals surface area contributed by atoms with Crippen LogP contribution in [0.1, 0.15) is 25.0 Å². The van der Waals surface area contributed by atoms with E-state index in [0.29, 0.717) is 0 Å². The van der Waals surface area contributed by atoms with E-state index in [-0.39, 0.29) is 5.41 Å². The fraction of sp³-hybridized carbons (Fsp3) is 0.0508. The highest BCUT2D eigenvalue weighted by Crippen LogP contribution is 2.56. The summed E-state index contributed by atoms with van der Waals surface area (Å²) in [5.41, 5.74) is 17.8. The van der Waals surface area contributed by atoms with E-state index in [4.69, 9.17) is 0 Å². The van der Waals surface area contributed by atoms with Crippen LogP contribution >= 0.6 is 0 Å². The van der Waals surface area contributed by atoms with Gasteiger partial charge in [-0.2, -0.15) is 0 Å². The maximum atomic E-state index is 2.46. The second kappa shape index (κ2) is 14.1. The molecule has 62 heavy (non-hydrogen) atoms. The number of hydrogen-bond donors (Lipinski definition) is 0. The molecular formula is C59H43N3. The Balaban J connectivity index is 1.06. The topological polar surface area (TPSA) is 9.72 Å². The first-order valence-electron chi connectivity index (χ1n) is 21.5. The first kappa shape index (κ1) is 36.0. The monoisotopic (exact) mass is 793 g/mol. The van der Waals surface area contributed by atoms with Gasteiger partial charge in [-0.1, -0.05) is 153 Å². The van der Waals surface area contributed by atoms with Gasteiger partial charge in [0.1, 0.15) is 0 Å². The van der Waals surface area contributed by atoms with Gasteiger partial charge in [-0.25, -0.2) is 0 Å². The lowest BCUT2D eigenvalue weighted by molar-refractivity contribution is 0.660. The normalized spacial score (nSPS) is 13.1. The highest BCUT2D eigenvalue weighted by molar-refractivity contribution is 6.18. The summed E-state index contributed by atoms with van der Waals surface area (Å²) >= 11 is 0. The van der Waals surface area contributed by atoms with Crippen molar-refractivity contribution in [3.05, 3.63) is 236 Å². The van der Waals surface area contributed by atoms with E-state index >= 15 is 0 Å². The second-order valence-electron chi connectivity index (χ2n) is 17.0. The smallest absolute Gasteiger partial charge is 0.0561 e. The zero-order valence-electron chi connectivity index (χ0n) is 34.7. The van der Waals surface area contributed by atoms with Crippen LogP contribution in [0.25, 0.3) is 43.8 Å². The van der Waals surface area contributed by atoms with Crippen molar-refractivity contribution >= 4 is 72.7 Å². The van der Waals surface area contributed by atoms with Crippen LogP contribution in [0.3, 0.4) is 0 Å². The quantitative estimate of drug-likeness (QED) is 0.159. The van der Waals surface area contributed by atoms with Crippen LogP contribution in [-0.2, 0) is 5.41 Å². The van der Waals surface area contributed by atoms with Crippen LogP contribution in [0.5, 0.6) is 0 Å². The molecule has 1 aliphatic carbocycles. The first-order chi connectivity index (χ1) is 30.5. The molecule has 294 valence electrons. The van der Waals surface area contributed by atoms with Crippen molar-refractivity contribution in [3.63, 3.8) is 0 Å². The molecule has 0 aromatic heterocycles. The zero-order chi connectivity index (χ0) is 41.4. The standard InChI is InChI=1S/C59H43N3/c1-59(2)53-27-15-14-25-48(53)49-33-31-46(38-54(49)59)60(42-19-6-3-7-20-42)47-32-34-50-51-35-36-55(52-26-16-28-56(58(51)52)62(57(50)39-47)44-23-10-5-11-24-44)61(43-21-8-4-9-22-43)45-30-29-40-17-12-13-18-41(40)37-45/h3-39H,1-2H3. The number of anilines is 9. The molecule has 0 saturated carbocycles. The average molecular weight is 794 g/mol. The summed E-state index contributed by atoms with van der Waals surface area (Å²) in [6, 6.07) is 82.2. The number of nitrogens with zero attached hydrogens (tertiary/aromatic N) is 3. The predicted molar refractivity (Wildman–Crippen MR) is 262 cm³/mol. The van der Waals surface area contributed by atoms with E-state index in [1.54, 1.807) is 0 Å². The van der Waals surface area contributed by atoms with Gasteiger partial charge in [0.2, 0.25) is 0 Å². The van der Waals surface area contributed by atoms with E-state index in [1.165, 1.54) is 54.9 Å². The van der Waals surface area contributed by atoms with E-state index in [2.05, 4.69) is 253 Å². The van der Waals surface area contributed by atoms with Gasteiger partial charge in [0.05, 0.1) is 17.1 Å². The molecule has 10 aromatic carbocycles. The number of rotatable bonds is 7. The Labute approximate surface area is 363 Å². The molecule has 1 aliphatic heterocycles. The van der Waals surface area contributed by atoms with Crippen molar-refractivity contribution < 1.29 is 0 Å². The van der Waals surface area contributed by atoms with Gasteiger partial charge in [0.15, 0.2) is 0 Å². The number of hydrogen-bond acceptors (Lipinski definition) is 3. The Kier molecular flexibility index (Phi) is 8.20. The highest BCUT2D eigenvalue weighted by Gasteiger charge is 2.36. The van der Waals surface area contributed by atoms with Gasteiger partial charge in [-0.05, 0) is 124 Å².